The van der Waals surface area contributed by atoms with Gasteiger partial charge in [0.25, 0.3) is 11.5 Å². The molecule has 158 valence electrons. The molecule has 0 aliphatic heterocycles. The molecule has 7 nitrogen and oxygen atoms in total. The molecule has 0 bridgehead atoms. The van der Waals surface area contributed by atoms with E-state index in [1.54, 1.807) is 12.1 Å². The summed E-state index contributed by atoms with van der Waals surface area (Å²) in [6.07, 6.45) is 0. The molecule has 0 saturated heterocycles. The second-order valence-corrected chi connectivity index (χ2v) is 8.14. The number of rotatable bonds is 8. The number of benzene rings is 2. The van der Waals surface area contributed by atoms with Crippen LogP contribution < -0.4 is 4.48 Å². The summed E-state index contributed by atoms with van der Waals surface area (Å²) in [5, 5.41) is 20.1. The Morgan fingerprint density at radius 1 is 1.00 bits per heavy atom. The van der Waals surface area contributed by atoms with E-state index in [-0.39, 0.29) is 10.6 Å². The number of hydrogen-bond donors (Lipinski definition) is 0. The lowest BCUT2D eigenvalue weighted by Gasteiger charge is -2.44. The highest BCUT2D eigenvalue weighted by atomic mass is 16.6. The average Bonchev–Trinajstić information content (AvgIpc) is 3.13. The number of non-ortho nitro benzene ring substituents is 1. The van der Waals surface area contributed by atoms with Crippen LogP contribution >= 0.6 is 0 Å². The Kier molecular flexibility index (Phi) is 6.31. The van der Waals surface area contributed by atoms with E-state index in [1.165, 1.54) is 12.1 Å². The highest BCUT2D eigenvalue weighted by Crippen LogP contribution is 2.38. The molecule has 0 amide bonds. The zero-order valence-corrected chi connectivity index (χ0v) is 18.3. The molecule has 0 spiro atoms. The van der Waals surface area contributed by atoms with Crippen LogP contribution in [0.3, 0.4) is 0 Å². The first-order valence-corrected chi connectivity index (χ1v) is 10.4. The molecule has 0 fully saturated rings. The summed E-state index contributed by atoms with van der Waals surface area (Å²) >= 11 is 0. The zero-order valence-electron chi connectivity index (χ0n) is 18.3. The van der Waals surface area contributed by atoms with Crippen LogP contribution in [-0.2, 0) is 6.54 Å². The predicted molar refractivity (Wildman–Crippen MR) is 120 cm³/mol. The quantitative estimate of drug-likeness (QED) is 0.297. The molecule has 0 atom stereocenters. The van der Waals surface area contributed by atoms with Gasteiger partial charge in [0.1, 0.15) is 0 Å². The van der Waals surface area contributed by atoms with Gasteiger partial charge in [-0.15, -0.1) is 5.10 Å². The molecule has 7 heteroatoms. The van der Waals surface area contributed by atoms with Crippen LogP contribution in [0, 0.1) is 10.1 Å². The van der Waals surface area contributed by atoms with Gasteiger partial charge < -0.3 is 0 Å². The van der Waals surface area contributed by atoms with Crippen molar-refractivity contribution in [1.82, 2.24) is 19.5 Å². The molecule has 0 aliphatic rings. The van der Waals surface area contributed by atoms with E-state index in [1.807, 2.05) is 22.9 Å². The lowest BCUT2D eigenvalue weighted by molar-refractivity contribution is -0.384. The molecule has 0 saturated carbocycles. The minimum Gasteiger partial charge on any atom is -0.269 e. The summed E-state index contributed by atoms with van der Waals surface area (Å²) in [7, 11) is 0. The van der Waals surface area contributed by atoms with Crippen LogP contribution in [0.1, 0.15) is 40.2 Å². The molecule has 0 unspecified atom stereocenters. The highest BCUT2D eigenvalue weighted by molar-refractivity contribution is 5.71. The van der Waals surface area contributed by atoms with Crippen molar-refractivity contribution >= 4 is 11.5 Å². The number of nitrogens with zero attached hydrogens (tertiary/aromatic N) is 5. The summed E-state index contributed by atoms with van der Waals surface area (Å²) in [6.45, 7) is 12.6. The normalized spacial score (nSPS) is 12.0. The fourth-order valence-corrected chi connectivity index (χ4v) is 4.47. The highest BCUT2D eigenvalue weighted by Gasteiger charge is 2.42. The van der Waals surface area contributed by atoms with Gasteiger partial charge in [-0.1, -0.05) is 47.7 Å². The molecule has 0 radical (unpaired) electrons. The summed E-state index contributed by atoms with van der Waals surface area (Å²) in [5.41, 5.74) is 2.97. The topological polar surface area (TPSA) is 73.8 Å². The van der Waals surface area contributed by atoms with Gasteiger partial charge in [-0.2, -0.15) is 4.68 Å². The third-order valence-corrected chi connectivity index (χ3v) is 6.00. The molecule has 3 rings (SSSR count). The summed E-state index contributed by atoms with van der Waals surface area (Å²) in [4.78, 5) is 10.6. The largest absolute Gasteiger partial charge is 0.269 e. The maximum absolute atomic E-state index is 11.0. The number of nitro groups is 1. The summed E-state index contributed by atoms with van der Waals surface area (Å²) < 4.78 is 2.71. The Bertz CT molecular complexity index is 986. The van der Waals surface area contributed by atoms with Crippen molar-refractivity contribution in [1.29, 1.82) is 0 Å². The van der Waals surface area contributed by atoms with Crippen molar-refractivity contribution in [3.8, 4) is 11.3 Å². The lowest BCUT2D eigenvalue weighted by Crippen LogP contribution is -2.60. The molecule has 2 aromatic carbocycles. The second kappa shape index (κ2) is 8.75. The molecule has 1 heterocycles. The SMILES string of the molecule is CC[N+](c1c(-c2ccccc2)nnn1Cc1ccc([N+](=O)[O-])cc1)(C(C)C)C(C)C. The zero-order chi connectivity index (χ0) is 21.9. The smallest absolute Gasteiger partial charge is 0.269 e. The van der Waals surface area contributed by atoms with Gasteiger partial charge in [-0.25, -0.2) is 0 Å². The van der Waals surface area contributed by atoms with E-state index in [4.69, 9.17) is 0 Å². The molecule has 0 N–H and O–H groups in total. The van der Waals surface area contributed by atoms with Crippen molar-refractivity contribution in [2.75, 3.05) is 6.54 Å². The van der Waals surface area contributed by atoms with Crippen molar-refractivity contribution in [3.05, 3.63) is 70.3 Å². The standard InChI is InChI=1S/C23H30N5O2/c1-6-28(17(2)3,18(4)5)23-22(20-10-8-7-9-11-20)24-25-26(23)16-19-12-14-21(15-13-19)27(29)30/h7-15,17-18H,6,16H2,1-5H3/q+1. The van der Waals surface area contributed by atoms with Crippen molar-refractivity contribution in [3.63, 3.8) is 0 Å². The van der Waals surface area contributed by atoms with Gasteiger partial charge in [0.15, 0.2) is 5.69 Å². The molecular weight excluding hydrogens is 378 g/mol. The second-order valence-electron chi connectivity index (χ2n) is 8.14. The fraction of sp³-hybridized carbons (Fsp3) is 0.391. The van der Waals surface area contributed by atoms with Crippen LogP contribution in [0.4, 0.5) is 11.5 Å². The van der Waals surface area contributed by atoms with Crippen LogP contribution in [0.15, 0.2) is 54.6 Å². The van der Waals surface area contributed by atoms with E-state index in [0.717, 1.165) is 33.7 Å². The van der Waals surface area contributed by atoms with E-state index in [0.29, 0.717) is 18.6 Å². The first kappa shape index (κ1) is 21.6. The maximum atomic E-state index is 11.0. The molecule has 1 aromatic heterocycles. The van der Waals surface area contributed by atoms with Crippen molar-refractivity contribution in [2.24, 2.45) is 0 Å². The van der Waals surface area contributed by atoms with Gasteiger partial charge >= 0.3 is 0 Å². The molecule has 0 aliphatic carbocycles. The monoisotopic (exact) mass is 408 g/mol. The van der Waals surface area contributed by atoms with E-state index in [9.17, 15) is 10.1 Å². The predicted octanol–water partition coefficient (Wildman–Crippen LogP) is 5.05. The minimum atomic E-state index is -0.380. The Morgan fingerprint density at radius 3 is 2.10 bits per heavy atom. The first-order chi connectivity index (χ1) is 14.3. The summed E-state index contributed by atoms with van der Waals surface area (Å²) in [5.74, 6) is 1.08. The van der Waals surface area contributed by atoms with Gasteiger partial charge in [-0.3, -0.25) is 14.6 Å². The van der Waals surface area contributed by atoms with Crippen LogP contribution in [0.25, 0.3) is 11.3 Å². The Balaban J connectivity index is 2.16. The number of hydrogen-bond acceptors (Lipinski definition) is 4. The lowest BCUT2D eigenvalue weighted by atomic mass is 10.1. The van der Waals surface area contributed by atoms with Crippen molar-refractivity contribution in [2.45, 2.75) is 53.2 Å². The van der Waals surface area contributed by atoms with Gasteiger partial charge in [0.05, 0.1) is 30.1 Å². The van der Waals surface area contributed by atoms with Crippen LogP contribution in [0.2, 0.25) is 0 Å². The van der Waals surface area contributed by atoms with E-state index in [2.05, 4.69) is 57.1 Å². The Morgan fingerprint density at radius 2 is 1.60 bits per heavy atom. The van der Waals surface area contributed by atoms with Crippen molar-refractivity contribution < 1.29 is 4.92 Å². The van der Waals surface area contributed by atoms with Gasteiger partial charge in [0.2, 0.25) is 0 Å². The minimum absolute atomic E-state index is 0.0885. The van der Waals surface area contributed by atoms with Crippen LogP contribution in [0.5, 0.6) is 0 Å². The average molecular weight is 409 g/mol. The first-order valence-electron chi connectivity index (χ1n) is 10.4. The van der Waals surface area contributed by atoms with Gasteiger partial charge in [0, 0.05) is 17.7 Å². The molecule has 30 heavy (non-hydrogen) atoms. The molecular formula is C23H30N5O2+. The maximum Gasteiger partial charge on any atom is 0.269 e. The third kappa shape index (κ3) is 3.85. The number of quaternary nitrogens is 1. The number of nitro benzene ring substituents is 1. The molecule has 3 aromatic rings. The third-order valence-electron chi connectivity index (χ3n) is 6.00. The Labute approximate surface area is 177 Å². The van der Waals surface area contributed by atoms with Gasteiger partial charge in [-0.05, 0) is 40.2 Å². The van der Waals surface area contributed by atoms with E-state index >= 15 is 0 Å². The van der Waals surface area contributed by atoms with E-state index < -0.39 is 0 Å². The van der Waals surface area contributed by atoms with Crippen LogP contribution in [-0.4, -0.2) is 38.5 Å². The Hall–Kier alpha value is -3.06. The fourth-order valence-electron chi connectivity index (χ4n) is 4.47. The number of aromatic nitrogens is 3. The summed E-state index contributed by atoms with van der Waals surface area (Å²) in [6, 6.07) is 17.5.